The summed E-state index contributed by atoms with van der Waals surface area (Å²) in [6.45, 7) is 0. The number of carbonyl (C=O) groups excluding carboxylic acids is 2. The number of phenolic OH excluding ortho intramolecular Hbond substituents is 2. The SMILES string of the molecule is COC(=O)C1C2c3ccccc3C(c3c(O)ccc(O)c32)C1C(=O)OC. The van der Waals surface area contributed by atoms with E-state index in [1.54, 1.807) is 0 Å². The summed E-state index contributed by atoms with van der Waals surface area (Å²) in [6, 6.07) is 10.3. The molecule has 4 atom stereocenters. The van der Waals surface area contributed by atoms with Crippen LogP contribution in [0, 0.1) is 11.8 Å². The van der Waals surface area contributed by atoms with Crippen molar-refractivity contribution < 1.29 is 29.3 Å². The van der Waals surface area contributed by atoms with Gasteiger partial charge >= 0.3 is 11.9 Å². The standard InChI is InChI=1S/C20H18O6/c1-25-19(23)17-13-9-5-3-4-6-10(9)14(18(17)20(24)26-2)16-12(22)8-7-11(21)15(13)16/h3-8,13-14,17-18,21-22H,1-2H3. The lowest BCUT2D eigenvalue weighted by molar-refractivity contribution is -0.160. The van der Waals surface area contributed by atoms with Gasteiger partial charge in [0.1, 0.15) is 11.5 Å². The summed E-state index contributed by atoms with van der Waals surface area (Å²) >= 11 is 0. The third-order valence-corrected chi connectivity index (χ3v) is 5.58. The highest BCUT2D eigenvalue weighted by Gasteiger charge is 2.58. The van der Waals surface area contributed by atoms with Crippen LogP contribution in [0.1, 0.15) is 34.1 Å². The lowest BCUT2D eigenvalue weighted by Gasteiger charge is -2.48. The molecular formula is C20H18O6. The highest BCUT2D eigenvalue weighted by Crippen LogP contribution is 2.62. The number of esters is 2. The first-order valence-electron chi connectivity index (χ1n) is 8.30. The molecule has 0 saturated heterocycles. The molecule has 0 amide bonds. The summed E-state index contributed by atoms with van der Waals surface area (Å²) in [7, 11) is 2.54. The quantitative estimate of drug-likeness (QED) is 0.635. The Morgan fingerprint density at radius 3 is 1.50 bits per heavy atom. The van der Waals surface area contributed by atoms with Crippen LogP contribution in [0.15, 0.2) is 36.4 Å². The smallest absolute Gasteiger partial charge is 0.310 e. The minimum atomic E-state index is -0.840. The minimum absolute atomic E-state index is 0.0143. The number of methoxy groups -OCH3 is 2. The first-order valence-corrected chi connectivity index (χ1v) is 8.30. The number of benzene rings is 2. The zero-order chi connectivity index (χ0) is 18.6. The highest BCUT2D eigenvalue weighted by molar-refractivity contribution is 5.88. The summed E-state index contributed by atoms with van der Waals surface area (Å²) in [5.41, 5.74) is 2.65. The number of phenols is 2. The summed E-state index contributed by atoms with van der Waals surface area (Å²) in [4.78, 5) is 25.3. The molecular weight excluding hydrogens is 336 g/mol. The van der Waals surface area contributed by atoms with E-state index in [9.17, 15) is 19.8 Å². The fourth-order valence-corrected chi connectivity index (χ4v) is 4.65. The summed E-state index contributed by atoms with van der Waals surface area (Å²) in [6.07, 6.45) is 0. The molecule has 0 aliphatic heterocycles. The average molecular weight is 354 g/mol. The van der Waals surface area contributed by atoms with Crippen molar-refractivity contribution >= 4 is 11.9 Å². The van der Waals surface area contributed by atoms with Crippen LogP contribution in [0.3, 0.4) is 0 Å². The fourth-order valence-electron chi connectivity index (χ4n) is 4.65. The Labute approximate surface area is 150 Å². The number of carbonyl (C=O) groups is 2. The Morgan fingerprint density at radius 2 is 1.15 bits per heavy atom. The van der Waals surface area contributed by atoms with Gasteiger partial charge in [0.25, 0.3) is 0 Å². The highest BCUT2D eigenvalue weighted by atomic mass is 16.5. The molecule has 0 radical (unpaired) electrons. The molecule has 2 N–H and O–H groups in total. The first-order chi connectivity index (χ1) is 12.5. The number of hydrogen-bond donors (Lipinski definition) is 2. The van der Waals surface area contributed by atoms with E-state index in [0.29, 0.717) is 11.1 Å². The first kappa shape index (κ1) is 16.4. The van der Waals surface area contributed by atoms with Crippen LogP contribution in [0.2, 0.25) is 0 Å². The van der Waals surface area contributed by atoms with Crippen LogP contribution < -0.4 is 0 Å². The summed E-state index contributed by atoms with van der Waals surface area (Å²) in [5, 5.41) is 21.0. The van der Waals surface area contributed by atoms with Gasteiger partial charge in [-0.25, -0.2) is 0 Å². The van der Waals surface area contributed by atoms with E-state index in [-0.39, 0.29) is 11.5 Å². The molecule has 5 rings (SSSR count). The molecule has 0 heterocycles. The average Bonchev–Trinajstić information content (AvgIpc) is 2.68. The van der Waals surface area contributed by atoms with E-state index in [1.165, 1.54) is 26.4 Å². The van der Waals surface area contributed by atoms with Gasteiger partial charge < -0.3 is 19.7 Å². The molecule has 2 aromatic rings. The van der Waals surface area contributed by atoms with Crippen molar-refractivity contribution in [3.8, 4) is 11.5 Å². The van der Waals surface area contributed by atoms with E-state index in [4.69, 9.17) is 9.47 Å². The van der Waals surface area contributed by atoms with Gasteiger partial charge in [-0.1, -0.05) is 24.3 Å². The van der Waals surface area contributed by atoms with E-state index in [0.717, 1.165) is 11.1 Å². The maximum atomic E-state index is 12.6. The fraction of sp³-hybridized carbons (Fsp3) is 0.300. The van der Waals surface area contributed by atoms with E-state index < -0.39 is 35.6 Å². The number of aromatic hydroxyl groups is 2. The Hall–Kier alpha value is -3.02. The zero-order valence-corrected chi connectivity index (χ0v) is 14.3. The zero-order valence-electron chi connectivity index (χ0n) is 14.3. The van der Waals surface area contributed by atoms with Crippen LogP contribution >= 0.6 is 0 Å². The number of fused-ring (bicyclic) bond motifs is 1. The predicted molar refractivity (Wildman–Crippen MR) is 90.9 cm³/mol. The van der Waals surface area contributed by atoms with Gasteiger partial charge in [-0.3, -0.25) is 9.59 Å². The molecule has 134 valence electrons. The Morgan fingerprint density at radius 1 is 0.769 bits per heavy atom. The molecule has 0 spiro atoms. The lowest BCUT2D eigenvalue weighted by Crippen LogP contribution is -2.47. The molecule has 0 aromatic heterocycles. The van der Waals surface area contributed by atoms with Crippen molar-refractivity contribution in [2.24, 2.45) is 11.8 Å². The van der Waals surface area contributed by atoms with Crippen LogP contribution in [0.4, 0.5) is 0 Å². The third kappa shape index (κ3) is 1.98. The van der Waals surface area contributed by atoms with E-state index in [2.05, 4.69) is 0 Å². The monoisotopic (exact) mass is 354 g/mol. The van der Waals surface area contributed by atoms with Gasteiger partial charge in [-0.05, 0) is 23.3 Å². The van der Waals surface area contributed by atoms with Gasteiger partial charge in [0.2, 0.25) is 0 Å². The molecule has 6 nitrogen and oxygen atoms in total. The Kier molecular flexibility index (Phi) is 3.64. The summed E-state index contributed by atoms with van der Waals surface area (Å²) in [5.74, 6) is -4.00. The Balaban J connectivity index is 2.08. The molecule has 26 heavy (non-hydrogen) atoms. The van der Waals surface area contributed by atoms with Crippen molar-refractivity contribution in [2.75, 3.05) is 14.2 Å². The summed E-state index contributed by atoms with van der Waals surface area (Å²) < 4.78 is 9.95. The van der Waals surface area contributed by atoms with Gasteiger partial charge in [0.05, 0.1) is 26.1 Å². The molecule has 3 aliphatic rings. The molecule has 4 unspecified atom stereocenters. The van der Waals surface area contributed by atoms with Gasteiger partial charge in [-0.15, -0.1) is 0 Å². The van der Waals surface area contributed by atoms with Crippen molar-refractivity contribution in [1.29, 1.82) is 0 Å². The van der Waals surface area contributed by atoms with Crippen molar-refractivity contribution in [2.45, 2.75) is 11.8 Å². The van der Waals surface area contributed by atoms with Gasteiger partial charge in [0, 0.05) is 23.0 Å². The lowest BCUT2D eigenvalue weighted by atomic mass is 9.53. The van der Waals surface area contributed by atoms with Crippen LogP contribution in [-0.4, -0.2) is 36.4 Å². The number of hydrogen-bond acceptors (Lipinski definition) is 6. The maximum Gasteiger partial charge on any atom is 0.310 e. The Bertz CT molecular complexity index is 845. The van der Waals surface area contributed by atoms with Crippen LogP contribution in [0.25, 0.3) is 0 Å². The van der Waals surface area contributed by atoms with Gasteiger partial charge in [-0.2, -0.15) is 0 Å². The second-order valence-electron chi connectivity index (χ2n) is 6.61. The normalized spacial score (nSPS) is 25.2. The number of ether oxygens (including phenoxy) is 2. The van der Waals surface area contributed by atoms with Crippen molar-refractivity contribution in [3.63, 3.8) is 0 Å². The third-order valence-electron chi connectivity index (χ3n) is 5.58. The predicted octanol–water partition coefficient (Wildman–Crippen LogP) is 2.27. The molecule has 6 heteroatoms. The molecule has 2 bridgehead atoms. The van der Waals surface area contributed by atoms with Crippen LogP contribution in [0.5, 0.6) is 11.5 Å². The maximum absolute atomic E-state index is 12.6. The second-order valence-corrected chi connectivity index (χ2v) is 6.61. The topological polar surface area (TPSA) is 93.1 Å². The molecule has 0 saturated carbocycles. The minimum Gasteiger partial charge on any atom is -0.508 e. The number of rotatable bonds is 2. The molecule has 2 aromatic carbocycles. The van der Waals surface area contributed by atoms with Crippen molar-refractivity contribution in [3.05, 3.63) is 58.7 Å². The van der Waals surface area contributed by atoms with E-state index in [1.807, 2.05) is 24.3 Å². The van der Waals surface area contributed by atoms with Crippen LogP contribution in [-0.2, 0) is 19.1 Å². The largest absolute Gasteiger partial charge is 0.508 e. The molecule has 0 fully saturated rings. The molecule has 3 aliphatic carbocycles. The van der Waals surface area contributed by atoms with Crippen molar-refractivity contribution in [1.82, 2.24) is 0 Å². The van der Waals surface area contributed by atoms with Gasteiger partial charge in [0.15, 0.2) is 0 Å². The second kappa shape index (κ2) is 5.76. The van der Waals surface area contributed by atoms with E-state index >= 15 is 0 Å².